The third kappa shape index (κ3) is 2.31. The van der Waals surface area contributed by atoms with Gasteiger partial charge in [-0.05, 0) is 50.7 Å². The number of pyridine rings is 1. The summed E-state index contributed by atoms with van der Waals surface area (Å²) in [6, 6.07) is 8.27. The fourth-order valence-electron chi connectivity index (χ4n) is 3.35. The molecular weight excluding hydrogens is 276 g/mol. The van der Waals surface area contributed by atoms with Crippen LogP contribution in [-0.2, 0) is 6.54 Å². The van der Waals surface area contributed by atoms with Crippen LogP contribution in [0.3, 0.4) is 0 Å². The molecule has 3 aromatic rings. The maximum absolute atomic E-state index is 5.53. The van der Waals surface area contributed by atoms with E-state index in [0.717, 1.165) is 35.7 Å². The Hall–Kier alpha value is -2.14. The van der Waals surface area contributed by atoms with Gasteiger partial charge in [0.1, 0.15) is 17.1 Å². The van der Waals surface area contributed by atoms with Crippen molar-refractivity contribution in [3.63, 3.8) is 0 Å². The molecular formula is C17H20N4O. The molecule has 4 heterocycles. The molecule has 5 nitrogen and oxygen atoms in total. The third-order valence-electron chi connectivity index (χ3n) is 4.50. The average molecular weight is 296 g/mol. The van der Waals surface area contributed by atoms with Crippen molar-refractivity contribution < 1.29 is 4.42 Å². The summed E-state index contributed by atoms with van der Waals surface area (Å²) >= 11 is 0. The highest BCUT2D eigenvalue weighted by Gasteiger charge is 2.27. The number of hydrogen-bond acceptors (Lipinski definition) is 4. The van der Waals surface area contributed by atoms with Gasteiger partial charge in [0.2, 0.25) is 0 Å². The Kier molecular flexibility index (Phi) is 3.42. The molecule has 1 aliphatic rings. The minimum absolute atomic E-state index is 0.359. The monoisotopic (exact) mass is 296 g/mol. The van der Waals surface area contributed by atoms with E-state index in [-0.39, 0.29) is 0 Å². The molecule has 0 saturated carbocycles. The number of likely N-dealkylation sites (tertiary alicyclic amines) is 1. The molecule has 1 aliphatic heterocycles. The van der Waals surface area contributed by atoms with Gasteiger partial charge in [-0.1, -0.05) is 6.42 Å². The predicted molar refractivity (Wildman–Crippen MR) is 84.6 cm³/mol. The number of fused-ring (bicyclic) bond motifs is 1. The molecule has 0 aliphatic carbocycles. The summed E-state index contributed by atoms with van der Waals surface area (Å²) in [4.78, 5) is 11.8. The molecule has 1 atom stereocenters. The van der Waals surface area contributed by atoms with Crippen LogP contribution in [0.2, 0.25) is 0 Å². The van der Waals surface area contributed by atoms with Crippen molar-refractivity contribution in [3.05, 3.63) is 48.3 Å². The van der Waals surface area contributed by atoms with Crippen LogP contribution >= 0.6 is 0 Å². The second-order valence-corrected chi connectivity index (χ2v) is 5.97. The smallest absolute Gasteiger partial charge is 0.160 e. The summed E-state index contributed by atoms with van der Waals surface area (Å²) in [6.07, 6.45) is 7.22. The van der Waals surface area contributed by atoms with Crippen molar-refractivity contribution in [1.82, 2.24) is 19.4 Å². The molecule has 1 fully saturated rings. The number of piperidine rings is 1. The summed E-state index contributed by atoms with van der Waals surface area (Å²) in [5.41, 5.74) is 1.90. The van der Waals surface area contributed by atoms with E-state index in [4.69, 9.17) is 9.40 Å². The molecule has 0 radical (unpaired) electrons. The van der Waals surface area contributed by atoms with E-state index in [2.05, 4.69) is 21.5 Å². The Morgan fingerprint density at radius 1 is 1.27 bits per heavy atom. The third-order valence-corrected chi connectivity index (χ3v) is 4.50. The van der Waals surface area contributed by atoms with E-state index in [1.54, 1.807) is 6.26 Å². The van der Waals surface area contributed by atoms with Crippen LogP contribution in [0.4, 0.5) is 0 Å². The topological polar surface area (TPSA) is 47.1 Å². The number of imidazole rings is 1. The van der Waals surface area contributed by atoms with E-state index in [0.29, 0.717) is 12.6 Å². The maximum Gasteiger partial charge on any atom is 0.160 e. The van der Waals surface area contributed by atoms with E-state index in [1.807, 2.05) is 30.5 Å². The zero-order valence-electron chi connectivity index (χ0n) is 12.8. The molecule has 5 heteroatoms. The number of hydrogen-bond donors (Lipinski definition) is 0. The van der Waals surface area contributed by atoms with Crippen LogP contribution in [0, 0.1) is 0 Å². The minimum Gasteiger partial charge on any atom is -0.467 e. The van der Waals surface area contributed by atoms with Crippen LogP contribution in [0.5, 0.6) is 0 Å². The molecule has 0 aromatic carbocycles. The zero-order chi connectivity index (χ0) is 14.9. The van der Waals surface area contributed by atoms with Crippen LogP contribution < -0.4 is 0 Å². The Labute approximate surface area is 129 Å². The number of nitrogens with zero attached hydrogens (tertiary/aromatic N) is 4. The largest absolute Gasteiger partial charge is 0.467 e. The van der Waals surface area contributed by atoms with Crippen LogP contribution in [0.15, 0.2) is 41.1 Å². The van der Waals surface area contributed by atoms with Gasteiger partial charge in [0.15, 0.2) is 5.65 Å². The lowest BCUT2D eigenvalue weighted by molar-refractivity contribution is 0.176. The van der Waals surface area contributed by atoms with Crippen LogP contribution in [0.25, 0.3) is 11.2 Å². The highest BCUT2D eigenvalue weighted by atomic mass is 16.3. The summed E-state index contributed by atoms with van der Waals surface area (Å²) in [7, 11) is 2.19. The minimum atomic E-state index is 0.359. The van der Waals surface area contributed by atoms with Gasteiger partial charge in [0.25, 0.3) is 0 Å². The molecule has 1 saturated heterocycles. The van der Waals surface area contributed by atoms with Gasteiger partial charge >= 0.3 is 0 Å². The fraction of sp³-hybridized carbons (Fsp3) is 0.412. The van der Waals surface area contributed by atoms with Gasteiger partial charge in [-0.25, -0.2) is 9.97 Å². The van der Waals surface area contributed by atoms with E-state index >= 15 is 0 Å². The van der Waals surface area contributed by atoms with Gasteiger partial charge in [0.05, 0.1) is 18.8 Å². The molecule has 3 aromatic heterocycles. The van der Waals surface area contributed by atoms with E-state index < -0.39 is 0 Å². The Bertz CT molecular complexity index is 762. The zero-order valence-corrected chi connectivity index (χ0v) is 12.8. The summed E-state index contributed by atoms with van der Waals surface area (Å²) in [5, 5.41) is 0. The van der Waals surface area contributed by atoms with Crippen LogP contribution in [0.1, 0.15) is 36.9 Å². The predicted octanol–water partition coefficient (Wildman–Crippen LogP) is 3.23. The molecule has 0 N–H and O–H groups in total. The van der Waals surface area contributed by atoms with Gasteiger partial charge < -0.3 is 8.98 Å². The van der Waals surface area contributed by atoms with Crippen molar-refractivity contribution in [2.45, 2.75) is 31.8 Å². The van der Waals surface area contributed by atoms with E-state index in [1.165, 1.54) is 12.8 Å². The van der Waals surface area contributed by atoms with Crippen molar-refractivity contribution in [2.75, 3.05) is 13.6 Å². The first-order chi connectivity index (χ1) is 10.8. The first-order valence-corrected chi connectivity index (χ1v) is 7.87. The lowest BCUT2D eigenvalue weighted by atomic mass is 10.0. The molecule has 0 bridgehead atoms. The molecule has 22 heavy (non-hydrogen) atoms. The maximum atomic E-state index is 5.53. The fourth-order valence-corrected chi connectivity index (χ4v) is 3.35. The quantitative estimate of drug-likeness (QED) is 0.744. The first-order valence-electron chi connectivity index (χ1n) is 7.87. The average Bonchev–Trinajstić information content (AvgIpc) is 3.17. The Morgan fingerprint density at radius 3 is 3.05 bits per heavy atom. The highest BCUT2D eigenvalue weighted by Crippen LogP contribution is 2.31. The molecule has 1 unspecified atom stereocenters. The second kappa shape index (κ2) is 5.57. The molecule has 0 spiro atoms. The number of aromatic nitrogens is 3. The lowest BCUT2D eigenvalue weighted by Gasteiger charge is -2.32. The molecule has 4 rings (SSSR count). The number of furan rings is 1. The SMILES string of the molecule is CN1CCCCC1c1nc2cccnc2n1Cc1ccco1. The standard InChI is InChI=1S/C17H20N4O/c1-20-10-3-2-8-15(20)17-19-14-7-4-9-18-16(14)21(17)12-13-6-5-11-22-13/h4-7,9,11,15H,2-3,8,10,12H2,1H3. The second-order valence-electron chi connectivity index (χ2n) is 5.97. The van der Waals surface area contributed by atoms with Gasteiger partial charge in [-0.3, -0.25) is 4.90 Å². The summed E-state index contributed by atoms with van der Waals surface area (Å²) < 4.78 is 7.74. The van der Waals surface area contributed by atoms with Crippen molar-refractivity contribution in [3.8, 4) is 0 Å². The number of rotatable bonds is 3. The molecule has 114 valence electrons. The highest BCUT2D eigenvalue weighted by molar-refractivity contribution is 5.71. The first kappa shape index (κ1) is 13.5. The molecule has 0 amide bonds. The Balaban J connectivity index is 1.82. The van der Waals surface area contributed by atoms with Gasteiger partial charge in [-0.2, -0.15) is 0 Å². The van der Waals surface area contributed by atoms with Gasteiger partial charge in [-0.15, -0.1) is 0 Å². The van der Waals surface area contributed by atoms with E-state index in [9.17, 15) is 0 Å². The van der Waals surface area contributed by atoms with Crippen molar-refractivity contribution >= 4 is 11.2 Å². The lowest BCUT2D eigenvalue weighted by Crippen LogP contribution is -2.31. The summed E-state index contributed by atoms with van der Waals surface area (Å²) in [5.74, 6) is 2.04. The Morgan fingerprint density at radius 2 is 2.23 bits per heavy atom. The normalized spacial score (nSPS) is 19.8. The van der Waals surface area contributed by atoms with Crippen LogP contribution in [-0.4, -0.2) is 33.0 Å². The summed E-state index contributed by atoms with van der Waals surface area (Å²) in [6.45, 7) is 1.81. The van der Waals surface area contributed by atoms with Crippen molar-refractivity contribution in [2.24, 2.45) is 0 Å². The van der Waals surface area contributed by atoms with Gasteiger partial charge in [0, 0.05) is 6.20 Å². The van der Waals surface area contributed by atoms with Crippen molar-refractivity contribution in [1.29, 1.82) is 0 Å².